The molecule has 1 fully saturated rings. The van der Waals surface area contributed by atoms with E-state index in [2.05, 4.69) is 27.0 Å². The van der Waals surface area contributed by atoms with Crippen LogP contribution in [0.2, 0.25) is 0 Å². The number of rotatable bonds is 5. The van der Waals surface area contributed by atoms with Crippen molar-refractivity contribution < 1.29 is 4.79 Å². The lowest BCUT2D eigenvalue weighted by Crippen LogP contribution is -2.48. The summed E-state index contributed by atoms with van der Waals surface area (Å²) in [6.07, 6.45) is 5.59. The second-order valence-corrected chi connectivity index (χ2v) is 8.37. The number of carbonyl (C=O) groups is 1. The number of likely N-dealkylation sites (N-methyl/N-ethyl adjacent to an activating group) is 1. The largest absolute Gasteiger partial charge is 0.351 e. The molecule has 146 valence electrons. The number of aromatic nitrogens is 2. The van der Waals surface area contributed by atoms with Crippen molar-refractivity contribution in [1.82, 2.24) is 24.5 Å². The highest BCUT2D eigenvalue weighted by Crippen LogP contribution is 2.28. The van der Waals surface area contributed by atoms with Crippen molar-refractivity contribution in [3.05, 3.63) is 32.7 Å². The van der Waals surface area contributed by atoms with Gasteiger partial charge in [-0.15, -0.1) is 11.3 Å². The molecule has 0 aromatic carbocycles. The molecule has 0 atom stereocenters. The first-order chi connectivity index (χ1) is 13.2. The van der Waals surface area contributed by atoms with Crippen molar-refractivity contribution in [3.8, 4) is 0 Å². The topological polar surface area (TPSA) is 69.9 Å². The lowest BCUT2D eigenvalue weighted by atomic mass is 10.0. The molecular weight excluding hydrogens is 362 g/mol. The Bertz CT molecular complexity index is 882. The van der Waals surface area contributed by atoms with Crippen molar-refractivity contribution in [3.63, 3.8) is 0 Å². The molecule has 4 rings (SSSR count). The Morgan fingerprint density at radius 2 is 1.93 bits per heavy atom. The second-order valence-electron chi connectivity index (χ2n) is 7.31. The molecule has 2 aromatic heterocycles. The van der Waals surface area contributed by atoms with Crippen molar-refractivity contribution in [1.29, 1.82) is 0 Å². The predicted octanol–water partition coefficient (Wildman–Crippen LogP) is 1.00. The summed E-state index contributed by atoms with van der Waals surface area (Å²) in [5.41, 5.74) is 0.977. The molecule has 2 aromatic rings. The van der Waals surface area contributed by atoms with Crippen LogP contribution in [0.25, 0.3) is 4.96 Å². The van der Waals surface area contributed by atoms with Crippen LogP contribution in [0.15, 0.2) is 11.0 Å². The van der Waals surface area contributed by atoms with Crippen LogP contribution in [0, 0.1) is 0 Å². The third-order valence-electron chi connectivity index (χ3n) is 5.67. The first-order valence-electron chi connectivity index (χ1n) is 9.92. The van der Waals surface area contributed by atoms with Crippen molar-refractivity contribution in [2.75, 3.05) is 45.8 Å². The zero-order valence-corrected chi connectivity index (χ0v) is 16.7. The van der Waals surface area contributed by atoms with Gasteiger partial charge in [0.2, 0.25) is 0 Å². The van der Waals surface area contributed by atoms with Crippen LogP contribution in [0.1, 0.15) is 40.7 Å². The second kappa shape index (κ2) is 8.08. The monoisotopic (exact) mass is 389 g/mol. The summed E-state index contributed by atoms with van der Waals surface area (Å²) in [4.78, 5) is 36.6. The summed E-state index contributed by atoms with van der Waals surface area (Å²) in [6, 6.07) is 0. The molecule has 1 N–H and O–H groups in total. The summed E-state index contributed by atoms with van der Waals surface area (Å²) >= 11 is 1.58. The van der Waals surface area contributed by atoms with E-state index in [-0.39, 0.29) is 17.0 Å². The number of amides is 1. The van der Waals surface area contributed by atoms with Crippen LogP contribution < -0.4 is 10.9 Å². The number of nitrogens with one attached hydrogen (secondary N) is 1. The molecule has 0 bridgehead atoms. The Morgan fingerprint density at radius 3 is 2.70 bits per heavy atom. The third-order valence-corrected chi connectivity index (χ3v) is 6.83. The zero-order chi connectivity index (χ0) is 18.8. The Kier molecular flexibility index (Phi) is 5.56. The number of nitrogens with zero attached hydrogens (tertiary/aromatic N) is 4. The maximum atomic E-state index is 12.9. The first-order valence-corrected chi connectivity index (χ1v) is 10.7. The highest BCUT2D eigenvalue weighted by molar-refractivity contribution is 7.17. The molecule has 1 aliphatic carbocycles. The van der Waals surface area contributed by atoms with Gasteiger partial charge in [0.15, 0.2) is 4.96 Å². The van der Waals surface area contributed by atoms with Crippen LogP contribution >= 0.6 is 11.3 Å². The number of hydrogen-bond donors (Lipinski definition) is 1. The quantitative estimate of drug-likeness (QED) is 0.826. The van der Waals surface area contributed by atoms with Crippen LogP contribution in [0.5, 0.6) is 0 Å². The Balaban J connectivity index is 1.41. The molecule has 0 saturated carbocycles. The van der Waals surface area contributed by atoms with Gasteiger partial charge in [0, 0.05) is 56.0 Å². The Labute approximate surface area is 163 Å². The maximum absolute atomic E-state index is 12.9. The van der Waals surface area contributed by atoms with E-state index >= 15 is 0 Å². The first kappa shape index (κ1) is 18.6. The summed E-state index contributed by atoms with van der Waals surface area (Å²) < 4.78 is 1.66. The standard InChI is InChI=1S/C19H27N5O2S/c1-2-22-9-11-23(12-10-22)8-7-20-17(25)14-13-21-19-24(18(14)26)15-5-3-4-6-16(15)27-19/h13H,2-12H2,1H3,(H,20,25). The van der Waals surface area contributed by atoms with Crippen LogP contribution in [0.4, 0.5) is 0 Å². The minimum atomic E-state index is -0.315. The number of hydrogen-bond acceptors (Lipinski definition) is 6. The normalized spacial score (nSPS) is 18.6. The number of carbonyl (C=O) groups excluding carboxylic acids is 1. The lowest BCUT2D eigenvalue weighted by molar-refractivity contribution is 0.0936. The van der Waals surface area contributed by atoms with Gasteiger partial charge in [-0.1, -0.05) is 6.92 Å². The molecular formula is C19H27N5O2S. The van der Waals surface area contributed by atoms with E-state index in [1.54, 1.807) is 15.7 Å². The number of thiazole rings is 1. The van der Waals surface area contributed by atoms with E-state index < -0.39 is 0 Å². The Morgan fingerprint density at radius 1 is 1.19 bits per heavy atom. The number of piperazine rings is 1. The Hall–Kier alpha value is -1.77. The zero-order valence-electron chi connectivity index (χ0n) is 15.9. The highest BCUT2D eigenvalue weighted by atomic mass is 32.1. The molecule has 27 heavy (non-hydrogen) atoms. The molecule has 3 heterocycles. The maximum Gasteiger partial charge on any atom is 0.271 e. The molecule has 7 nitrogen and oxygen atoms in total. The van der Waals surface area contributed by atoms with Gasteiger partial charge >= 0.3 is 0 Å². The van der Waals surface area contributed by atoms with Gasteiger partial charge in [0.1, 0.15) is 5.56 Å². The van der Waals surface area contributed by atoms with E-state index in [0.29, 0.717) is 11.5 Å². The van der Waals surface area contributed by atoms with Crippen molar-refractivity contribution in [2.24, 2.45) is 0 Å². The smallest absolute Gasteiger partial charge is 0.271 e. The van der Waals surface area contributed by atoms with Crippen LogP contribution in [-0.2, 0) is 12.8 Å². The molecule has 0 spiro atoms. The summed E-state index contributed by atoms with van der Waals surface area (Å²) in [5, 5.41) is 2.91. The molecule has 8 heteroatoms. The van der Waals surface area contributed by atoms with E-state index in [4.69, 9.17) is 0 Å². The SMILES string of the molecule is CCN1CCN(CCNC(=O)c2cnc3sc4c(n3c2=O)CCCC4)CC1. The summed E-state index contributed by atoms with van der Waals surface area (Å²) in [6.45, 7) is 8.86. The van der Waals surface area contributed by atoms with Crippen LogP contribution in [0.3, 0.4) is 0 Å². The average Bonchev–Trinajstić information content (AvgIpc) is 3.08. The number of aryl methyl sites for hydroxylation is 2. The molecule has 1 amide bonds. The van der Waals surface area contributed by atoms with E-state index in [9.17, 15) is 9.59 Å². The van der Waals surface area contributed by atoms with Crippen molar-refractivity contribution >= 4 is 22.2 Å². The molecule has 1 saturated heterocycles. The van der Waals surface area contributed by atoms with Gasteiger partial charge in [-0.3, -0.25) is 18.9 Å². The summed E-state index contributed by atoms with van der Waals surface area (Å²) in [5.74, 6) is -0.315. The van der Waals surface area contributed by atoms with Crippen molar-refractivity contribution in [2.45, 2.75) is 32.6 Å². The van der Waals surface area contributed by atoms with Gasteiger partial charge in [-0.2, -0.15) is 0 Å². The molecule has 1 aliphatic heterocycles. The van der Waals surface area contributed by atoms with E-state index in [0.717, 1.165) is 70.6 Å². The van der Waals surface area contributed by atoms with Gasteiger partial charge in [0.25, 0.3) is 11.5 Å². The van der Waals surface area contributed by atoms with Gasteiger partial charge in [-0.05, 0) is 32.2 Å². The molecule has 0 radical (unpaired) electrons. The van der Waals surface area contributed by atoms with Gasteiger partial charge < -0.3 is 10.2 Å². The minimum absolute atomic E-state index is 0.148. The average molecular weight is 390 g/mol. The fraction of sp³-hybridized carbons (Fsp3) is 0.632. The fourth-order valence-corrected chi connectivity index (χ4v) is 5.14. The summed E-state index contributed by atoms with van der Waals surface area (Å²) in [7, 11) is 0. The van der Waals surface area contributed by atoms with Crippen LogP contribution in [-0.4, -0.2) is 70.9 Å². The fourth-order valence-electron chi connectivity index (χ4n) is 3.98. The molecule has 2 aliphatic rings. The molecule has 0 unspecified atom stereocenters. The third kappa shape index (κ3) is 3.79. The van der Waals surface area contributed by atoms with Gasteiger partial charge in [-0.25, -0.2) is 4.98 Å². The minimum Gasteiger partial charge on any atom is -0.351 e. The van der Waals surface area contributed by atoms with E-state index in [1.807, 2.05) is 0 Å². The van der Waals surface area contributed by atoms with Gasteiger partial charge in [0.05, 0.1) is 0 Å². The lowest BCUT2D eigenvalue weighted by Gasteiger charge is -2.33. The van der Waals surface area contributed by atoms with E-state index in [1.165, 1.54) is 11.1 Å². The number of fused-ring (bicyclic) bond motifs is 3. The predicted molar refractivity (Wildman–Crippen MR) is 107 cm³/mol. The highest BCUT2D eigenvalue weighted by Gasteiger charge is 2.21.